The van der Waals surface area contributed by atoms with Crippen LogP contribution in [0, 0.1) is 5.92 Å². The molecule has 2 unspecified atom stereocenters. The third kappa shape index (κ3) is 4.96. The number of para-hydroxylation sites is 1. The quantitative estimate of drug-likeness (QED) is 0.655. The number of hydrogen-bond acceptors (Lipinski definition) is 3. The number of benzodiazepines with no additional fused rings is 1. The van der Waals surface area contributed by atoms with Gasteiger partial charge in [0.25, 0.3) is 5.91 Å². The molecule has 0 saturated heterocycles. The van der Waals surface area contributed by atoms with Gasteiger partial charge in [0, 0.05) is 24.1 Å². The Morgan fingerprint density at radius 1 is 1.07 bits per heavy atom. The number of rotatable bonds is 8. The van der Waals surface area contributed by atoms with Crippen molar-refractivity contribution in [2.75, 3.05) is 11.9 Å². The molecule has 2 atom stereocenters. The SMILES string of the molecule is CCCCCCC(C)C(=O)NC1N=C(c2ccccc2)c2ccccc2N(C)C1=O. The molecule has 2 amide bonds. The number of fused-ring (bicyclic) bond motifs is 1. The zero-order chi connectivity index (χ0) is 21.5. The van der Waals surface area contributed by atoms with Crippen LogP contribution in [0.5, 0.6) is 0 Å². The molecule has 0 bridgehead atoms. The predicted octanol–water partition coefficient (Wildman–Crippen LogP) is 4.55. The molecule has 158 valence electrons. The topological polar surface area (TPSA) is 61.8 Å². The summed E-state index contributed by atoms with van der Waals surface area (Å²) in [4.78, 5) is 32.3. The van der Waals surface area contributed by atoms with Crippen LogP contribution in [0.15, 0.2) is 59.6 Å². The molecule has 1 aliphatic heterocycles. The largest absolute Gasteiger partial charge is 0.326 e. The van der Waals surface area contributed by atoms with E-state index in [1.54, 1.807) is 11.9 Å². The van der Waals surface area contributed by atoms with Gasteiger partial charge in [0.2, 0.25) is 12.1 Å². The van der Waals surface area contributed by atoms with E-state index in [4.69, 9.17) is 4.99 Å². The number of unbranched alkanes of at least 4 members (excludes halogenated alkanes) is 3. The Balaban J connectivity index is 1.87. The first-order chi connectivity index (χ1) is 14.5. The van der Waals surface area contributed by atoms with Crippen molar-refractivity contribution in [2.45, 2.75) is 52.1 Å². The van der Waals surface area contributed by atoms with E-state index < -0.39 is 6.17 Å². The van der Waals surface area contributed by atoms with Crippen LogP contribution in [0.3, 0.4) is 0 Å². The van der Waals surface area contributed by atoms with E-state index in [-0.39, 0.29) is 17.7 Å². The fourth-order valence-electron chi connectivity index (χ4n) is 3.73. The Bertz CT molecular complexity index is 908. The Labute approximate surface area is 179 Å². The van der Waals surface area contributed by atoms with Crippen molar-refractivity contribution < 1.29 is 9.59 Å². The monoisotopic (exact) mass is 405 g/mol. The zero-order valence-corrected chi connectivity index (χ0v) is 18.1. The minimum absolute atomic E-state index is 0.125. The standard InChI is InChI=1S/C25H31N3O2/c1-4-5-6-8-13-18(2)24(29)27-23-25(30)28(3)21-17-12-11-16-20(21)22(26-23)19-14-9-7-10-15-19/h7,9-12,14-18,23H,4-6,8,13H2,1-3H3,(H,27,29). The molecule has 5 heteroatoms. The molecule has 30 heavy (non-hydrogen) atoms. The molecule has 0 saturated carbocycles. The van der Waals surface area contributed by atoms with Gasteiger partial charge in [-0.3, -0.25) is 9.59 Å². The van der Waals surface area contributed by atoms with Gasteiger partial charge in [0.05, 0.1) is 11.4 Å². The second-order valence-corrected chi connectivity index (χ2v) is 7.92. The highest BCUT2D eigenvalue weighted by Gasteiger charge is 2.31. The van der Waals surface area contributed by atoms with Crippen LogP contribution in [0.1, 0.15) is 57.1 Å². The van der Waals surface area contributed by atoms with Crippen molar-refractivity contribution in [1.29, 1.82) is 0 Å². The zero-order valence-electron chi connectivity index (χ0n) is 18.1. The summed E-state index contributed by atoms with van der Waals surface area (Å²) in [6.07, 6.45) is 4.38. The molecule has 2 aromatic rings. The van der Waals surface area contributed by atoms with Crippen molar-refractivity contribution in [3.63, 3.8) is 0 Å². The van der Waals surface area contributed by atoms with Gasteiger partial charge in [-0.2, -0.15) is 0 Å². The highest BCUT2D eigenvalue weighted by atomic mass is 16.2. The molecule has 1 heterocycles. The molecule has 1 aliphatic rings. The van der Waals surface area contributed by atoms with Crippen molar-refractivity contribution >= 4 is 23.2 Å². The molecule has 2 aromatic carbocycles. The first-order valence-electron chi connectivity index (χ1n) is 10.8. The lowest BCUT2D eigenvalue weighted by Gasteiger charge is -2.22. The minimum atomic E-state index is -0.941. The summed E-state index contributed by atoms with van der Waals surface area (Å²) in [6, 6.07) is 17.5. The van der Waals surface area contributed by atoms with Gasteiger partial charge in [-0.1, -0.05) is 88.1 Å². The van der Waals surface area contributed by atoms with Crippen LogP contribution in [-0.2, 0) is 9.59 Å². The number of likely N-dealkylation sites (N-methyl/N-ethyl adjacent to an activating group) is 1. The van der Waals surface area contributed by atoms with Crippen LogP contribution in [0.25, 0.3) is 0 Å². The fraction of sp³-hybridized carbons (Fsp3) is 0.400. The van der Waals surface area contributed by atoms with Crippen molar-refractivity contribution in [3.8, 4) is 0 Å². The first kappa shape index (κ1) is 21.8. The summed E-state index contributed by atoms with van der Waals surface area (Å²) in [5, 5.41) is 2.90. The van der Waals surface area contributed by atoms with E-state index in [1.807, 2.05) is 61.5 Å². The van der Waals surface area contributed by atoms with Crippen LogP contribution < -0.4 is 10.2 Å². The normalized spacial score (nSPS) is 17.0. The molecule has 1 N–H and O–H groups in total. The summed E-state index contributed by atoms with van der Waals surface area (Å²) in [7, 11) is 1.73. The van der Waals surface area contributed by atoms with Gasteiger partial charge in [-0.05, 0) is 12.5 Å². The van der Waals surface area contributed by atoms with Crippen molar-refractivity contribution in [2.24, 2.45) is 10.9 Å². The first-order valence-corrected chi connectivity index (χ1v) is 10.8. The van der Waals surface area contributed by atoms with Gasteiger partial charge >= 0.3 is 0 Å². The molecule has 3 rings (SSSR count). The average Bonchev–Trinajstić information content (AvgIpc) is 2.88. The van der Waals surface area contributed by atoms with Gasteiger partial charge in [0.1, 0.15) is 0 Å². The Kier molecular flexibility index (Phi) is 7.39. The van der Waals surface area contributed by atoms with Crippen LogP contribution in [-0.4, -0.2) is 30.7 Å². The number of carbonyl (C=O) groups excluding carboxylic acids is 2. The number of nitrogens with one attached hydrogen (secondary N) is 1. The van der Waals surface area contributed by atoms with E-state index in [0.29, 0.717) is 5.71 Å². The van der Waals surface area contributed by atoms with E-state index >= 15 is 0 Å². The summed E-state index contributed by atoms with van der Waals surface area (Å²) in [5.74, 6) is -0.513. The Hall–Kier alpha value is -2.95. The number of aliphatic imine (C=N–C) groups is 1. The maximum Gasteiger partial charge on any atom is 0.272 e. The molecular weight excluding hydrogens is 374 g/mol. The molecule has 0 radical (unpaired) electrons. The third-order valence-electron chi connectivity index (χ3n) is 5.61. The number of anilines is 1. The maximum absolute atomic E-state index is 13.1. The Morgan fingerprint density at radius 3 is 2.50 bits per heavy atom. The summed E-state index contributed by atoms with van der Waals surface area (Å²) in [5.41, 5.74) is 3.29. The number of hydrogen-bond donors (Lipinski definition) is 1. The number of benzene rings is 2. The molecule has 5 nitrogen and oxygen atoms in total. The van der Waals surface area contributed by atoms with Gasteiger partial charge in [0.15, 0.2) is 0 Å². The van der Waals surface area contributed by atoms with Crippen LogP contribution >= 0.6 is 0 Å². The lowest BCUT2D eigenvalue weighted by Crippen LogP contribution is -2.47. The van der Waals surface area contributed by atoms with E-state index in [2.05, 4.69) is 12.2 Å². The van der Waals surface area contributed by atoms with Crippen molar-refractivity contribution in [3.05, 3.63) is 65.7 Å². The maximum atomic E-state index is 13.1. The fourth-order valence-corrected chi connectivity index (χ4v) is 3.73. The average molecular weight is 406 g/mol. The van der Waals surface area contributed by atoms with Gasteiger partial charge in [-0.15, -0.1) is 0 Å². The van der Waals surface area contributed by atoms with Crippen LogP contribution in [0.4, 0.5) is 5.69 Å². The van der Waals surface area contributed by atoms with Gasteiger partial charge in [-0.25, -0.2) is 4.99 Å². The Morgan fingerprint density at radius 2 is 1.77 bits per heavy atom. The van der Waals surface area contributed by atoms with Crippen LogP contribution in [0.2, 0.25) is 0 Å². The highest BCUT2D eigenvalue weighted by Crippen LogP contribution is 2.27. The van der Waals surface area contributed by atoms with E-state index in [0.717, 1.165) is 36.1 Å². The minimum Gasteiger partial charge on any atom is -0.326 e. The number of amides is 2. The molecule has 0 fully saturated rings. The predicted molar refractivity (Wildman–Crippen MR) is 122 cm³/mol. The smallest absolute Gasteiger partial charge is 0.272 e. The molecular formula is C25H31N3O2. The lowest BCUT2D eigenvalue weighted by molar-refractivity contribution is -0.129. The summed E-state index contributed by atoms with van der Waals surface area (Å²) in [6.45, 7) is 4.09. The second-order valence-electron chi connectivity index (χ2n) is 7.92. The summed E-state index contributed by atoms with van der Waals surface area (Å²) < 4.78 is 0. The van der Waals surface area contributed by atoms with E-state index in [1.165, 1.54) is 12.8 Å². The summed E-state index contributed by atoms with van der Waals surface area (Å²) >= 11 is 0. The highest BCUT2D eigenvalue weighted by molar-refractivity contribution is 6.20. The molecule has 0 aliphatic carbocycles. The third-order valence-corrected chi connectivity index (χ3v) is 5.61. The second kappa shape index (κ2) is 10.2. The van der Waals surface area contributed by atoms with Gasteiger partial charge < -0.3 is 10.2 Å². The molecule has 0 aromatic heterocycles. The van der Waals surface area contributed by atoms with E-state index in [9.17, 15) is 9.59 Å². The van der Waals surface area contributed by atoms with Crippen molar-refractivity contribution in [1.82, 2.24) is 5.32 Å². The lowest BCUT2D eigenvalue weighted by atomic mass is 10.0. The number of carbonyl (C=O) groups is 2. The number of nitrogens with zero attached hydrogens (tertiary/aromatic N) is 2. The molecule has 0 spiro atoms.